The van der Waals surface area contributed by atoms with Crippen LogP contribution in [0.15, 0.2) is 35.4 Å². The van der Waals surface area contributed by atoms with E-state index in [4.69, 9.17) is 0 Å². The van der Waals surface area contributed by atoms with Crippen LogP contribution in [0.3, 0.4) is 0 Å². The predicted octanol–water partition coefficient (Wildman–Crippen LogP) is 1.88. The molecule has 0 aromatic carbocycles. The molecule has 5 heterocycles. The summed E-state index contributed by atoms with van der Waals surface area (Å²) < 4.78 is 40.3. The van der Waals surface area contributed by atoms with Crippen LogP contribution in [0.2, 0.25) is 0 Å². The number of amides is 1. The minimum absolute atomic E-state index is 0.0158. The van der Waals surface area contributed by atoms with Crippen LogP contribution in [0.5, 0.6) is 0 Å². The highest BCUT2D eigenvalue weighted by molar-refractivity contribution is 5.83. The van der Waals surface area contributed by atoms with Crippen molar-refractivity contribution in [3.05, 3.63) is 52.5 Å². The quantitative estimate of drug-likeness (QED) is 0.744. The molecular weight excluding hydrogens is 399 g/mol. The van der Waals surface area contributed by atoms with Gasteiger partial charge in [0.2, 0.25) is 5.91 Å². The Bertz CT molecular complexity index is 1060. The second-order valence-electron chi connectivity index (χ2n) is 8.40. The minimum Gasteiger partial charge on any atom is -0.370 e. The number of aromatic nitrogens is 3. The summed E-state index contributed by atoms with van der Waals surface area (Å²) in [4.78, 5) is 36.4. The number of nitrogens with zero attached hydrogens (tertiary/aromatic N) is 5. The van der Waals surface area contributed by atoms with Gasteiger partial charge in [0.1, 0.15) is 11.5 Å². The molecule has 0 saturated carbocycles. The van der Waals surface area contributed by atoms with Crippen molar-refractivity contribution in [2.75, 3.05) is 31.1 Å². The third kappa shape index (κ3) is 3.05. The van der Waals surface area contributed by atoms with Crippen molar-refractivity contribution >= 4 is 11.6 Å². The van der Waals surface area contributed by atoms with E-state index in [2.05, 4.69) is 9.97 Å². The molecule has 10 heteroatoms. The standard InChI is InChI=1S/C20H20F3N5O2/c21-20(22,23)15-9-13(1-5-24-15)27-11-19(12-27)4-8-26(10-19)18(30)14-3-7-28-16(29)2-6-25-17(14)28/h1-2,5-6,9,14H,3-4,7-8,10-12H2/t14-/m0/s1. The molecule has 3 aliphatic rings. The second-order valence-corrected chi connectivity index (χ2v) is 8.40. The summed E-state index contributed by atoms with van der Waals surface area (Å²) in [6, 6.07) is 4.05. The SMILES string of the molecule is O=C([C@H]1CCn2c1nccc2=O)N1CCC2(C1)CN(c1ccnc(C(F)(F)F)c1)C2. The molecule has 7 nitrogen and oxygen atoms in total. The van der Waals surface area contributed by atoms with Gasteiger partial charge in [0.05, 0.1) is 5.92 Å². The Balaban J connectivity index is 1.25. The molecule has 2 aromatic heterocycles. The van der Waals surface area contributed by atoms with Crippen molar-refractivity contribution < 1.29 is 18.0 Å². The fraction of sp³-hybridized carbons (Fsp3) is 0.500. The van der Waals surface area contributed by atoms with Gasteiger partial charge in [-0.2, -0.15) is 13.2 Å². The summed E-state index contributed by atoms with van der Waals surface area (Å²) in [5, 5.41) is 0. The number of likely N-dealkylation sites (tertiary alicyclic amines) is 1. The Hall–Kier alpha value is -2.91. The Morgan fingerprint density at radius 2 is 1.87 bits per heavy atom. The average Bonchev–Trinajstić information content (AvgIpc) is 3.32. The summed E-state index contributed by atoms with van der Waals surface area (Å²) >= 11 is 0. The number of carbonyl (C=O) groups is 1. The molecule has 2 aromatic rings. The van der Waals surface area contributed by atoms with E-state index in [1.807, 2.05) is 9.80 Å². The van der Waals surface area contributed by atoms with Crippen molar-refractivity contribution in [2.24, 2.45) is 5.41 Å². The highest BCUT2D eigenvalue weighted by Crippen LogP contribution is 2.43. The first-order valence-electron chi connectivity index (χ1n) is 9.89. The Morgan fingerprint density at radius 1 is 1.10 bits per heavy atom. The Kier molecular flexibility index (Phi) is 4.16. The zero-order chi connectivity index (χ0) is 21.1. The molecule has 2 fully saturated rings. The fourth-order valence-electron chi connectivity index (χ4n) is 4.89. The summed E-state index contributed by atoms with van der Waals surface area (Å²) in [6.45, 7) is 2.90. The van der Waals surface area contributed by atoms with Gasteiger partial charge < -0.3 is 9.80 Å². The third-order valence-corrected chi connectivity index (χ3v) is 6.42. The lowest BCUT2D eigenvalue weighted by Gasteiger charge is -2.49. The minimum atomic E-state index is -4.47. The van der Waals surface area contributed by atoms with Crippen LogP contribution in [0, 0.1) is 5.41 Å². The van der Waals surface area contributed by atoms with Crippen LogP contribution in [0.25, 0.3) is 0 Å². The topological polar surface area (TPSA) is 71.3 Å². The van der Waals surface area contributed by atoms with Gasteiger partial charge >= 0.3 is 6.18 Å². The third-order valence-electron chi connectivity index (χ3n) is 6.42. The molecule has 5 rings (SSSR count). The van der Waals surface area contributed by atoms with Gasteiger partial charge in [-0.1, -0.05) is 0 Å². The number of alkyl halides is 3. The zero-order valence-electron chi connectivity index (χ0n) is 16.1. The van der Waals surface area contributed by atoms with Gasteiger partial charge in [0, 0.05) is 62.3 Å². The largest absolute Gasteiger partial charge is 0.433 e. The lowest BCUT2D eigenvalue weighted by molar-refractivity contribution is -0.141. The van der Waals surface area contributed by atoms with Crippen LogP contribution >= 0.6 is 0 Å². The van der Waals surface area contributed by atoms with Crippen molar-refractivity contribution in [3.8, 4) is 0 Å². The molecule has 1 spiro atoms. The number of carbonyl (C=O) groups excluding carboxylic acids is 1. The zero-order valence-corrected chi connectivity index (χ0v) is 16.1. The number of rotatable bonds is 2. The summed E-state index contributed by atoms with van der Waals surface area (Å²) in [7, 11) is 0. The van der Waals surface area contributed by atoms with Crippen LogP contribution in [-0.4, -0.2) is 51.5 Å². The molecule has 0 aliphatic carbocycles. The maximum atomic E-state index is 13.1. The maximum Gasteiger partial charge on any atom is 0.433 e. The number of halogens is 3. The van der Waals surface area contributed by atoms with Crippen molar-refractivity contribution in [3.63, 3.8) is 0 Å². The first kappa shape index (κ1) is 19.1. The Morgan fingerprint density at radius 3 is 2.63 bits per heavy atom. The molecule has 0 radical (unpaired) electrons. The number of pyridine rings is 1. The van der Waals surface area contributed by atoms with Gasteiger partial charge in [-0.15, -0.1) is 0 Å². The monoisotopic (exact) mass is 419 g/mol. The van der Waals surface area contributed by atoms with Crippen LogP contribution in [-0.2, 0) is 17.5 Å². The van der Waals surface area contributed by atoms with E-state index in [1.54, 1.807) is 10.6 Å². The Labute approximate surface area is 170 Å². The van der Waals surface area contributed by atoms with Crippen molar-refractivity contribution in [2.45, 2.75) is 31.5 Å². The predicted molar refractivity (Wildman–Crippen MR) is 101 cm³/mol. The molecule has 1 amide bonds. The number of anilines is 1. The van der Waals surface area contributed by atoms with E-state index in [-0.39, 0.29) is 16.9 Å². The van der Waals surface area contributed by atoms with E-state index >= 15 is 0 Å². The maximum absolute atomic E-state index is 13.1. The van der Waals surface area contributed by atoms with Gasteiger partial charge in [-0.05, 0) is 25.0 Å². The lowest BCUT2D eigenvalue weighted by Crippen LogP contribution is -2.58. The summed E-state index contributed by atoms with van der Waals surface area (Å²) in [6.07, 6.45) is -0.464. The fourth-order valence-corrected chi connectivity index (χ4v) is 4.89. The van der Waals surface area contributed by atoms with Crippen LogP contribution in [0.1, 0.15) is 30.3 Å². The number of hydrogen-bond acceptors (Lipinski definition) is 5. The van der Waals surface area contributed by atoms with Crippen molar-refractivity contribution in [1.82, 2.24) is 19.4 Å². The molecule has 2 saturated heterocycles. The lowest BCUT2D eigenvalue weighted by atomic mass is 9.78. The van der Waals surface area contributed by atoms with E-state index < -0.39 is 17.8 Å². The molecular formula is C20H20F3N5O2. The second kappa shape index (κ2) is 6.55. The van der Waals surface area contributed by atoms with E-state index in [0.29, 0.717) is 50.7 Å². The first-order valence-corrected chi connectivity index (χ1v) is 9.89. The van der Waals surface area contributed by atoms with Gasteiger partial charge in [-0.25, -0.2) is 4.98 Å². The smallest absolute Gasteiger partial charge is 0.370 e. The first-order chi connectivity index (χ1) is 14.3. The van der Waals surface area contributed by atoms with Gasteiger partial charge in [0.25, 0.3) is 5.56 Å². The van der Waals surface area contributed by atoms with E-state index in [0.717, 1.165) is 12.5 Å². The number of hydrogen-bond donors (Lipinski definition) is 0. The van der Waals surface area contributed by atoms with E-state index in [9.17, 15) is 22.8 Å². The molecule has 3 aliphatic heterocycles. The van der Waals surface area contributed by atoms with Crippen LogP contribution < -0.4 is 10.5 Å². The molecule has 30 heavy (non-hydrogen) atoms. The molecule has 1 atom stereocenters. The average molecular weight is 419 g/mol. The molecule has 0 unspecified atom stereocenters. The normalized spacial score (nSPS) is 22.3. The highest BCUT2D eigenvalue weighted by atomic mass is 19.4. The highest BCUT2D eigenvalue weighted by Gasteiger charge is 2.50. The number of fused-ring (bicyclic) bond motifs is 1. The molecule has 158 valence electrons. The molecule has 0 bridgehead atoms. The molecule has 0 N–H and O–H groups in total. The van der Waals surface area contributed by atoms with Gasteiger partial charge in [-0.3, -0.25) is 19.1 Å². The summed E-state index contributed by atoms with van der Waals surface area (Å²) in [5.74, 6) is 0.109. The van der Waals surface area contributed by atoms with Crippen molar-refractivity contribution in [1.29, 1.82) is 0 Å². The van der Waals surface area contributed by atoms with Gasteiger partial charge in [0.15, 0.2) is 0 Å². The summed E-state index contributed by atoms with van der Waals surface area (Å²) in [5.41, 5.74) is -0.633. The van der Waals surface area contributed by atoms with Crippen LogP contribution in [0.4, 0.5) is 18.9 Å². The van der Waals surface area contributed by atoms with E-state index in [1.165, 1.54) is 18.5 Å².